The predicted molar refractivity (Wildman–Crippen MR) is 139 cm³/mol. The number of hydrogen-bond donors (Lipinski definition) is 1. The second-order valence-corrected chi connectivity index (χ2v) is 9.06. The van der Waals surface area contributed by atoms with Crippen molar-refractivity contribution < 1.29 is 23.5 Å². The van der Waals surface area contributed by atoms with E-state index in [1.807, 2.05) is 18.2 Å². The maximum atomic E-state index is 13.3. The van der Waals surface area contributed by atoms with Crippen LogP contribution in [-0.2, 0) is 22.6 Å². The number of urea groups is 1. The molecule has 6 nitrogen and oxygen atoms in total. The number of allylic oxidation sites excluding steroid dienone is 1. The predicted octanol–water partition coefficient (Wildman–Crippen LogP) is 6.22. The Morgan fingerprint density at radius 1 is 1.06 bits per heavy atom. The number of nitrogens with one attached hydrogen (secondary N) is 1. The van der Waals surface area contributed by atoms with Crippen molar-refractivity contribution in [1.29, 1.82) is 0 Å². The third-order valence-electron chi connectivity index (χ3n) is 5.33. The van der Waals surface area contributed by atoms with Crippen molar-refractivity contribution >= 4 is 57.1 Å². The van der Waals surface area contributed by atoms with Crippen LogP contribution in [0.15, 0.2) is 83.4 Å². The topological polar surface area (TPSA) is 75.7 Å². The van der Waals surface area contributed by atoms with Gasteiger partial charge in [-0.3, -0.25) is 14.9 Å². The van der Waals surface area contributed by atoms with E-state index in [0.29, 0.717) is 27.2 Å². The Labute approximate surface area is 220 Å². The summed E-state index contributed by atoms with van der Waals surface area (Å²) in [4.78, 5) is 38.8. The molecule has 0 radical (unpaired) electrons. The SMILES string of the molecule is C=CCc1cc(/C=C2\C(=O)NC(=O)N(c3ccc(F)cc3)C2=O)cc(Br)c1OCc1ccccc1Cl. The molecular formula is C27H19BrClFN2O4. The molecule has 182 valence electrons. The molecule has 1 fully saturated rings. The van der Waals surface area contributed by atoms with Gasteiger partial charge in [0.15, 0.2) is 0 Å². The number of hydrogen-bond acceptors (Lipinski definition) is 4. The lowest BCUT2D eigenvalue weighted by molar-refractivity contribution is -0.122. The van der Waals surface area contributed by atoms with Crippen LogP contribution >= 0.6 is 27.5 Å². The minimum Gasteiger partial charge on any atom is -0.487 e. The van der Waals surface area contributed by atoms with Gasteiger partial charge in [0.05, 0.1) is 10.2 Å². The van der Waals surface area contributed by atoms with E-state index in [1.165, 1.54) is 18.2 Å². The lowest BCUT2D eigenvalue weighted by Gasteiger charge is -2.26. The van der Waals surface area contributed by atoms with Gasteiger partial charge in [-0.15, -0.1) is 6.58 Å². The van der Waals surface area contributed by atoms with E-state index < -0.39 is 23.7 Å². The third-order valence-corrected chi connectivity index (χ3v) is 6.29. The van der Waals surface area contributed by atoms with Gasteiger partial charge in [0.1, 0.15) is 23.7 Å². The monoisotopic (exact) mass is 568 g/mol. The maximum Gasteiger partial charge on any atom is 0.335 e. The fraction of sp³-hybridized carbons (Fsp3) is 0.0741. The standard InChI is InChI=1S/C27H19BrClFN2O4/c1-2-5-17-12-16(14-22(28)24(17)36-15-18-6-3-4-7-23(18)29)13-21-25(33)31-27(35)32(26(21)34)20-10-8-19(30)9-11-20/h2-4,6-14H,1,5,15H2,(H,31,33,35)/b21-13+. The summed E-state index contributed by atoms with van der Waals surface area (Å²) in [6, 6.07) is 14.7. The molecule has 0 unspecified atom stereocenters. The molecule has 0 aromatic heterocycles. The maximum absolute atomic E-state index is 13.3. The van der Waals surface area contributed by atoms with Gasteiger partial charge >= 0.3 is 6.03 Å². The van der Waals surface area contributed by atoms with E-state index in [1.54, 1.807) is 24.3 Å². The zero-order chi connectivity index (χ0) is 25.8. The number of carbonyl (C=O) groups excluding carboxylic acids is 3. The molecule has 4 amide bonds. The van der Waals surface area contributed by atoms with Gasteiger partial charge in [-0.2, -0.15) is 0 Å². The summed E-state index contributed by atoms with van der Waals surface area (Å²) >= 11 is 9.75. The first-order chi connectivity index (χ1) is 17.3. The summed E-state index contributed by atoms with van der Waals surface area (Å²) in [5.41, 5.74) is 1.98. The highest BCUT2D eigenvalue weighted by molar-refractivity contribution is 9.10. The largest absolute Gasteiger partial charge is 0.487 e. The molecule has 3 aromatic carbocycles. The van der Waals surface area contributed by atoms with Gasteiger partial charge in [0.25, 0.3) is 11.8 Å². The van der Waals surface area contributed by atoms with Crippen molar-refractivity contribution in [3.63, 3.8) is 0 Å². The van der Waals surface area contributed by atoms with Crippen LogP contribution in [-0.4, -0.2) is 17.8 Å². The fourth-order valence-corrected chi connectivity index (χ4v) is 4.46. The Morgan fingerprint density at radius 2 is 1.78 bits per heavy atom. The van der Waals surface area contributed by atoms with Gasteiger partial charge in [-0.05, 0) is 82.0 Å². The Bertz CT molecular complexity index is 1410. The first-order valence-corrected chi connectivity index (χ1v) is 11.9. The molecule has 0 saturated carbocycles. The summed E-state index contributed by atoms with van der Waals surface area (Å²) in [7, 11) is 0. The molecule has 0 bridgehead atoms. The zero-order valence-electron chi connectivity index (χ0n) is 18.8. The number of carbonyl (C=O) groups is 3. The number of benzene rings is 3. The normalized spacial score (nSPS) is 14.7. The highest BCUT2D eigenvalue weighted by Crippen LogP contribution is 2.34. The van der Waals surface area contributed by atoms with Crippen molar-refractivity contribution in [3.8, 4) is 5.75 Å². The van der Waals surface area contributed by atoms with Gasteiger partial charge in [0.2, 0.25) is 0 Å². The first-order valence-electron chi connectivity index (χ1n) is 10.7. The number of halogens is 3. The van der Waals surface area contributed by atoms with E-state index in [4.69, 9.17) is 16.3 Å². The number of rotatable bonds is 7. The second-order valence-electron chi connectivity index (χ2n) is 7.80. The highest BCUT2D eigenvalue weighted by Gasteiger charge is 2.36. The Kier molecular flexibility index (Phi) is 7.67. The number of nitrogens with zero attached hydrogens (tertiary/aromatic N) is 1. The quantitative estimate of drug-likeness (QED) is 0.208. The fourth-order valence-electron chi connectivity index (χ4n) is 3.64. The van der Waals surface area contributed by atoms with Crippen LogP contribution < -0.4 is 15.0 Å². The molecule has 1 aliphatic rings. The Balaban J connectivity index is 1.67. The molecule has 1 saturated heterocycles. The highest BCUT2D eigenvalue weighted by atomic mass is 79.9. The number of barbiturate groups is 1. The van der Waals surface area contributed by atoms with Crippen molar-refractivity contribution in [1.82, 2.24) is 5.32 Å². The van der Waals surface area contributed by atoms with E-state index in [9.17, 15) is 18.8 Å². The van der Waals surface area contributed by atoms with Crippen molar-refractivity contribution in [2.45, 2.75) is 13.0 Å². The number of anilines is 1. The molecule has 3 aromatic rings. The van der Waals surface area contributed by atoms with E-state index in [0.717, 1.165) is 28.2 Å². The van der Waals surface area contributed by atoms with Gasteiger partial charge < -0.3 is 4.74 Å². The molecule has 4 rings (SSSR count). The average Bonchev–Trinajstić information content (AvgIpc) is 2.83. The van der Waals surface area contributed by atoms with E-state index in [-0.39, 0.29) is 17.9 Å². The van der Waals surface area contributed by atoms with Crippen LogP contribution in [0.2, 0.25) is 5.02 Å². The van der Waals surface area contributed by atoms with Crippen LogP contribution in [0.5, 0.6) is 5.75 Å². The van der Waals surface area contributed by atoms with E-state index >= 15 is 0 Å². The summed E-state index contributed by atoms with van der Waals surface area (Å²) in [5, 5.41) is 2.74. The lowest BCUT2D eigenvalue weighted by atomic mass is 10.0. The Morgan fingerprint density at radius 3 is 2.47 bits per heavy atom. The van der Waals surface area contributed by atoms with Gasteiger partial charge in [-0.25, -0.2) is 14.1 Å². The van der Waals surface area contributed by atoms with Crippen molar-refractivity contribution in [2.75, 3.05) is 4.90 Å². The van der Waals surface area contributed by atoms with E-state index in [2.05, 4.69) is 27.8 Å². The number of amides is 4. The molecule has 9 heteroatoms. The molecule has 0 atom stereocenters. The van der Waals surface area contributed by atoms with Gasteiger partial charge in [-0.1, -0.05) is 35.9 Å². The van der Waals surface area contributed by atoms with Crippen molar-refractivity contribution in [2.24, 2.45) is 0 Å². The number of ether oxygens (including phenoxy) is 1. The molecular weight excluding hydrogens is 551 g/mol. The second kappa shape index (κ2) is 10.9. The third kappa shape index (κ3) is 5.40. The van der Waals surface area contributed by atoms with Crippen molar-refractivity contribution in [3.05, 3.63) is 111 Å². The summed E-state index contributed by atoms with van der Waals surface area (Å²) in [6.45, 7) is 4.02. The van der Waals surface area contributed by atoms with Crippen LogP contribution in [0.1, 0.15) is 16.7 Å². The molecule has 1 heterocycles. The first kappa shape index (κ1) is 25.3. The van der Waals surface area contributed by atoms with Crippen LogP contribution in [0.25, 0.3) is 6.08 Å². The molecule has 1 N–H and O–H groups in total. The number of imide groups is 2. The van der Waals surface area contributed by atoms with Crippen LogP contribution in [0.3, 0.4) is 0 Å². The summed E-state index contributed by atoms with van der Waals surface area (Å²) in [5.74, 6) is -1.61. The zero-order valence-corrected chi connectivity index (χ0v) is 21.1. The lowest BCUT2D eigenvalue weighted by Crippen LogP contribution is -2.54. The molecule has 0 aliphatic carbocycles. The minimum atomic E-state index is -0.911. The van der Waals surface area contributed by atoms with Crippen LogP contribution in [0.4, 0.5) is 14.9 Å². The molecule has 36 heavy (non-hydrogen) atoms. The van der Waals surface area contributed by atoms with Crippen LogP contribution in [0, 0.1) is 5.82 Å². The molecule has 0 spiro atoms. The summed E-state index contributed by atoms with van der Waals surface area (Å²) < 4.78 is 20.0. The average molecular weight is 570 g/mol. The molecule has 1 aliphatic heterocycles. The minimum absolute atomic E-state index is 0.133. The summed E-state index contributed by atoms with van der Waals surface area (Å²) in [6.07, 6.45) is 3.54. The van der Waals surface area contributed by atoms with Gasteiger partial charge in [0, 0.05) is 10.6 Å². The smallest absolute Gasteiger partial charge is 0.335 e. The Hall–Kier alpha value is -3.75.